The van der Waals surface area contributed by atoms with E-state index >= 15 is 0 Å². The van der Waals surface area contributed by atoms with Crippen molar-refractivity contribution in [1.29, 1.82) is 0 Å². The lowest BCUT2D eigenvalue weighted by Gasteiger charge is -2.34. The van der Waals surface area contributed by atoms with Crippen LogP contribution in [0.15, 0.2) is 58.8 Å². The van der Waals surface area contributed by atoms with E-state index in [1.54, 1.807) is 16.4 Å². The molecule has 180 valence electrons. The average molecular weight is 500 g/mol. The number of hydrogen-bond acceptors (Lipinski definition) is 6. The quantitative estimate of drug-likeness (QED) is 0.487. The van der Waals surface area contributed by atoms with E-state index in [-0.39, 0.29) is 10.8 Å². The van der Waals surface area contributed by atoms with E-state index < -0.39 is 10.0 Å². The molecule has 0 spiro atoms. The molecule has 0 unspecified atom stereocenters. The van der Waals surface area contributed by atoms with Crippen molar-refractivity contribution < 1.29 is 17.9 Å². The van der Waals surface area contributed by atoms with Crippen molar-refractivity contribution in [2.45, 2.75) is 32.1 Å². The minimum absolute atomic E-state index is 0.206. The molecule has 1 aliphatic rings. The molecule has 2 aromatic carbocycles. The predicted octanol–water partition coefficient (Wildman–Crippen LogP) is 5.13. The Kier molecular flexibility index (Phi) is 7.35. The molecule has 1 aliphatic heterocycles. The van der Waals surface area contributed by atoms with Crippen molar-refractivity contribution in [3.05, 3.63) is 59.5 Å². The molecule has 1 saturated heterocycles. The summed E-state index contributed by atoms with van der Waals surface area (Å²) in [5.74, 6) is 1.12. The summed E-state index contributed by atoms with van der Waals surface area (Å²) in [6.07, 6.45) is 1.03. The Labute approximate surface area is 204 Å². The number of piperidine rings is 1. The average Bonchev–Trinajstić information content (AvgIpc) is 3.27. The maximum absolute atomic E-state index is 13.1. The Hall–Kier alpha value is -2.75. The lowest BCUT2D eigenvalue weighted by Crippen LogP contribution is -2.42. The van der Waals surface area contributed by atoms with Gasteiger partial charge >= 0.3 is 0 Å². The van der Waals surface area contributed by atoms with Crippen LogP contribution < -0.4 is 10.1 Å². The molecule has 1 fully saturated rings. The van der Waals surface area contributed by atoms with E-state index in [0.29, 0.717) is 42.2 Å². The SMILES string of the molecule is CCOc1ccc(-c2csc(NC(=O)c3ccc(S(=O)(=O)N4C[C@H](C)C[C@H](C)C4)cc3)n2)cc1. The number of amides is 1. The maximum Gasteiger partial charge on any atom is 0.257 e. The number of carbonyl (C=O) groups is 1. The van der Waals surface area contributed by atoms with Crippen molar-refractivity contribution in [3.63, 3.8) is 0 Å². The van der Waals surface area contributed by atoms with Crippen LogP contribution in [-0.4, -0.2) is 43.3 Å². The highest BCUT2D eigenvalue weighted by Crippen LogP contribution is 2.28. The topological polar surface area (TPSA) is 88.6 Å². The summed E-state index contributed by atoms with van der Waals surface area (Å²) in [6, 6.07) is 13.7. The minimum atomic E-state index is -3.58. The number of nitrogens with zero attached hydrogens (tertiary/aromatic N) is 2. The number of nitrogens with one attached hydrogen (secondary N) is 1. The van der Waals surface area contributed by atoms with Gasteiger partial charge in [-0.1, -0.05) is 13.8 Å². The van der Waals surface area contributed by atoms with Crippen LogP contribution >= 0.6 is 11.3 Å². The Bertz CT molecular complexity index is 1230. The van der Waals surface area contributed by atoms with Gasteiger partial charge in [-0.2, -0.15) is 4.31 Å². The van der Waals surface area contributed by atoms with Gasteiger partial charge in [0.25, 0.3) is 5.91 Å². The standard InChI is InChI=1S/C25H29N3O4S2/c1-4-32-21-9-5-19(6-10-21)23-16-33-25(26-23)27-24(29)20-7-11-22(12-8-20)34(30,31)28-14-17(2)13-18(3)15-28/h5-12,16-18H,4,13-15H2,1-3H3,(H,26,27,29)/t17-,18+. The first-order valence-corrected chi connectivity index (χ1v) is 13.7. The van der Waals surface area contributed by atoms with Crippen LogP contribution in [0.4, 0.5) is 5.13 Å². The number of sulfonamides is 1. The van der Waals surface area contributed by atoms with Crippen LogP contribution in [0.3, 0.4) is 0 Å². The van der Waals surface area contributed by atoms with E-state index in [0.717, 1.165) is 23.4 Å². The summed E-state index contributed by atoms with van der Waals surface area (Å²) >= 11 is 1.33. The fourth-order valence-corrected chi connectivity index (χ4v) is 6.65. The lowest BCUT2D eigenvalue weighted by atomic mass is 9.94. The number of aromatic nitrogens is 1. The number of rotatable bonds is 7. The number of thiazole rings is 1. The number of ether oxygens (including phenoxy) is 1. The molecule has 1 N–H and O–H groups in total. The molecule has 1 aromatic heterocycles. The molecule has 3 aromatic rings. The molecule has 2 atom stereocenters. The third kappa shape index (κ3) is 5.48. The second-order valence-electron chi connectivity index (χ2n) is 8.74. The second-order valence-corrected chi connectivity index (χ2v) is 11.5. The van der Waals surface area contributed by atoms with Crippen molar-refractivity contribution in [3.8, 4) is 17.0 Å². The Morgan fingerprint density at radius 2 is 1.74 bits per heavy atom. The monoisotopic (exact) mass is 499 g/mol. The van der Waals surface area contributed by atoms with E-state index in [9.17, 15) is 13.2 Å². The molecule has 9 heteroatoms. The van der Waals surface area contributed by atoms with Crippen LogP contribution in [0, 0.1) is 11.8 Å². The summed E-state index contributed by atoms with van der Waals surface area (Å²) in [5.41, 5.74) is 2.06. The van der Waals surface area contributed by atoms with E-state index in [1.807, 2.05) is 36.6 Å². The zero-order valence-corrected chi connectivity index (χ0v) is 21.2. The lowest BCUT2D eigenvalue weighted by molar-refractivity contribution is 0.102. The van der Waals surface area contributed by atoms with Gasteiger partial charge in [-0.15, -0.1) is 11.3 Å². The van der Waals surface area contributed by atoms with Crippen LogP contribution in [0.25, 0.3) is 11.3 Å². The summed E-state index contributed by atoms with van der Waals surface area (Å²) < 4.78 is 33.1. The Balaban J connectivity index is 1.42. The molecule has 7 nitrogen and oxygen atoms in total. The number of hydrogen-bond donors (Lipinski definition) is 1. The number of benzene rings is 2. The normalized spacial score (nSPS) is 19.0. The molecule has 0 radical (unpaired) electrons. The minimum Gasteiger partial charge on any atom is -0.494 e. The van der Waals surface area contributed by atoms with Crippen molar-refractivity contribution in [1.82, 2.24) is 9.29 Å². The molecule has 34 heavy (non-hydrogen) atoms. The van der Waals surface area contributed by atoms with Crippen LogP contribution in [-0.2, 0) is 10.0 Å². The number of anilines is 1. The van der Waals surface area contributed by atoms with Gasteiger partial charge in [0.2, 0.25) is 10.0 Å². The maximum atomic E-state index is 13.1. The Morgan fingerprint density at radius 1 is 1.09 bits per heavy atom. The molecule has 0 saturated carbocycles. The highest BCUT2D eigenvalue weighted by Gasteiger charge is 2.31. The van der Waals surface area contributed by atoms with E-state index in [4.69, 9.17) is 4.74 Å². The molecule has 4 rings (SSSR count). The van der Waals surface area contributed by atoms with Gasteiger partial charge in [0.1, 0.15) is 5.75 Å². The van der Waals surface area contributed by atoms with E-state index in [1.165, 1.54) is 23.5 Å². The Morgan fingerprint density at radius 3 is 2.35 bits per heavy atom. The van der Waals surface area contributed by atoms with E-state index in [2.05, 4.69) is 24.1 Å². The first-order valence-electron chi connectivity index (χ1n) is 11.4. The first kappa shape index (κ1) is 24.4. The van der Waals surface area contributed by atoms with Crippen LogP contribution in [0.2, 0.25) is 0 Å². The summed E-state index contributed by atoms with van der Waals surface area (Å²) in [5, 5.41) is 5.15. The largest absolute Gasteiger partial charge is 0.494 e. The fourth-order valence-electron chi connectivity index (χ4n) is 4.25. The van der Waals surface area contributed by atoms with Crippen LogP contribution in [0.1, 0.15) is 37.6 Å². The zero-order valence-electron chi connectivity index (χ0n) is 19.5. The molecule has 0 aliphatic carbocycles. The molecular formula is C25H29N3O4S2. The third-order valence-corrected chi connectivity index (χ3v) is 8.38. The van der Waals surface area contributed by atoms with Crippen LogP contribution in [0.5, 0.6) is 5.75 Å². The molecule has 2 heterocycles. The van der Waals surface area contributed by atoms with Crippen molar-refractivity contribution in [2.75, 3.05) is 25.0 Å². The summed E-state index contributed by atoms with van der Waals surface area (Å²) in [7, 11) is -3.58. The van der Waals surface area contributed by atoms with Gasteiger partial charge in [-0.25, -0.2) is 13.4 Å². The van der Waals surface area contributed by atoms with Crippen molar-refractivity contribution in [2.24, 2.45) is 11.8 Å². The molecule has 1 amide bonds. The smallest absolute Gasteiger partial charge is 0.257 e. The zero-order chi connectivity index (χ0) is 24.3. The summed E-state index contributed by atoms with van der Waals surface area (Å²) in [6.45, 7) is 7.74. The van der Waals surface area contributed by atoms with Gasteiger partial charge in [0.05, 0.1) is 17.2 Å². The first-order chi connectivity index (χ1) is 16.3. The second kappa shape index (κ2) is 10.2. The fraction of sp³-hybridized carbons (Fsp3) is 0.360. The van der Waals surface area contributed by atoms with Gasteiger partial charge in [0, 0.05) is 29.6 Å². The van der Waals surface area contributed by atoms with Crippen molar-refractivity contribution >= 4 is 32.4 Å². The summed E-state index contributed by atoms with van der Waals surface area (Å²) in [4.78, 5) is 17.4. The molecular weight excluding hydrogens is 470 g/mol. The highest BCUT2D eigenvalue weighted by molar-refractivity contribution is 7.89. The number of carbonyl (C=O) groups excluding carboxylic acids is 1. The van der Waals surface area contributed by atoms with Gasteiger partial charge in [-0.3, -0.25) is 10.1 Å². The predicted molar refractivity (Wildman–Crippen MR) is 135 cm³/mol. The van der Waals surface area contributed by atoms with Gasteiger partial charge in [0.15, 0.2) is 5.13 Å². The third-order valence-electron chi connectivity index (χ3n) is 5.78. The van der Waals surface area contributed by atoms with Gasteiger partial charge in [-0.05, 0) is 73.7 Å². The molecule has 0 bridgehead atoms. The van der Waals surface area contributed by atoms with Gasteiger partial charge < -0.3 is 4.74 Å². The highest BCUT2D eigenvalue weighted by atomic mass is 32.2.